The highest BCUT2D eigenvalue weighted by atomic mass is 32.2. The van der Waals surface area contributed by atoms with Crippen molar-refractivity contribution in [2.24, 2.45) is 0 Å². The molecule has 0 unspecified atom stereocenters. The molecule has 1 aromatic carbocycles. The molecule has 1 amide bonds. The van der Waals surface area contributed by atoms with Crippen molar-refractivity contribution < 1.29 is 17.7 Å². The molecular weight excluding hydrogens is 330 g/mol. The van der Waals surface area contributed by atoms with Crippen LogP contribution in [0.3, 0.4) is 0 Å². The highest BCUT2D eigenvalue weighted by molar-refractivity contribution is 7.88. The molecule has 2 aromatic rings. The molecule has 7 nitrogen and oxygen atoms in total. The Kier molecular flexibility index (Phi) is 4.68. The van der Waals surface area contributed by atoms with Crippen LogP contribution in [0.4, 0.5) is 0 Å². The van der Waals surface area contributed by atoms with Crippen molar-refractivity contribution in [1.29, 1.82) is 0 Å². The van der Waals surface area contributed by atoms with Crippen molar-refractivity contribution in [3.05, 3.63) is 42.1 Å². The van der Waals surface area contributed by atoms with Crippen molar-refractivity contribution in [3.63, 3.8) is 0 Å². The van der Waals surface area contributed by atoms with Crippen LogP contribution in [-0.4, -0.2) is 49.8 Å². The molecule has 24 heavy (non-hydrogen) atoms. The number of aromatic nitrogens is 1. The van der Waals surface area contributed by atoms with E-state index in [-0.39, 0.29) is 17.6 Å². The van der Waals surface area contributed by atoms with Crippen molar-refractivity contribution in [1.82, 2.24) is 14.8 Å². The number of nitrogens with zero attached hydrogens (tertiary/aromatic N) is 2. The van der Waals surface area contributed by atoms with Gasteiger partial charge in [-0.05, 0) is 12.8 Å². The molecular formula is C16H19N3O4S. The monoisotopic (exact) mass is 349 g/mol. The van der Waals surface area contributed by atoms with Crippen LogP contribution in [0, 0.1) is 0 Å². The first-order chi connectivity index (χ1) is 11.4. The third kappa shape index (κ3) is 4.01. The van der Waals surface area contributed by atoms with Gasteiger partial charge in [-0.15, -0.1) is 0 Å². The van der Waals surface area contributed by atoms with Gasteiger partial charge in [-0.25, -0.2) is 13.1 Å². The third-order valence-corrected chi connectivity index (χ3v) is 4.64. The maximum atomic E-state index is 12.6. The first-order valence-electron chi connectivity index (χ1n) is 7.71. The van der Waals surface area contributed by atoms with Gasteiger partial charge in [0.15, 0.2) is 11.5 Å². The van der Waals surface area contributed by atoms with Crippen LogP contribution in [0.15, 0.2) is 40.9 Å². The van der Waals surface area contributed by atoms with Gasteiger partial charge in [0.05, 0.1) is 6.26 Å². The minimum atomic E-state index is -3.29. The maximum Gasteiger partial charge on any atom is 0.276 e. The number of hydrogen-bond acceptors (Lipinski definition) is 5. The number of hydrogen-bond donors (Lipinski definition) is 1. The van der Waals surface area contributed by atoms with Crippen molar-refractivity contribution in [2.45, 2.75) is 18.9 Å². The van der Waals surface area contributed by atoms with Gasteiger partial charge in [-0.1, -0.05) is 35.5 Å². The third-order valence-electron chi connectivity index (χ3n) is 3.88. The fraction of sp³-hybridized carbons (Fsp3) is 0.375. The van der Waals surface area contributed by atoms with Gasteiger partial charge in [-0.2, -0.15) is 0 Å². The maximum absolute atomic E-state index is 12.6. The van der Waals surface area contributed by atoms with E-state index < -0.39 is 10.0 Å². The molecule has 1 atom stereocenters. The molecule has 1 saturated heterocycles. The summed E-state index contributed by atoms with van der Waals surface area (Å²) in [6.07, 6.45) is 2.57. The van der Waals surface area contributed by atoms with E-state index in [0.29, 0.717) is 25.3 Å². The fourth-order valence-electron chi connectivity index (χ4n) is 2.84. The van der Waals surface area contributed by atoms with E-state index >= 15 is 0 Å². The number of carbonyl (C=O) groups excluding carboxylic acids is 1. The predicted molar refractivity (Wildman–Crippen MR) is 88.8 cm³/mol. The van der Waals surface area contributed by atoms with E-state index in [4.69, 9.17) is 4.52 Å². The van der Waals surface area contributed by atoms with E-state index in [0.717, 1.165) is 18.2 Å². The van der Waals surface area contributed by atoms with E-state index in [1.807, 2.05) is 30.3 Å². The van der Waals surface area contributed by atoms with E-state index in [1.165, 1.54) is 0 Å². The van der Waals surface area contributed by atoms with Crippen molar-refractivity contribution in [2.75, 3.05) is 19.3 Å². The lowest BCUT2D eigenvalue weighted by atomic mass is 10.1. The number of carbonyl (C=O) groups is 1. The summed E-state index contributed by atoms with van der Waals surface area (Å²) in [4.78, 5) is 14.2. The Labute approximate surface area is 140 Å². The second-order valence-corrected chi connectivity index (χ2v) is 7.70. The van der Waals surface area contributed by atoms with Gasteiger partial charge in [0.1, 0.15) is 0 Å². The molecule has 128 valence electrons. The molecule has 0 spiro atoms. The van der Waals surface area contributed by atoms with E-state index in [2.05, 4.69) is 9.88 Å². The molecule has 0 aliphatic carbocycles. The largest absolute Gasteiger partial charge is 0.355 e. The molecule has 1 N–H and O–H groups in total. The first-order valence-corrected chi connectivity index (χ1v) is 9.60. The molecule has 2 heterocycles. The van der Waals surface area contributed by atoms with Crippen LogP contribution in [0.25, 0.3) is 11.3 Å². The molecule has 1 aliphatic rings. The average molecular weight is 349 g/mol. The number of sulfonamides is 1. The summed E-state index contributed by atoms with van der Waals surface area (Å²) < 4.78 is 30.5. The van der Waals surface area contributed by atoms with Crippen molar-refractivity contribution in [3.8, 4) is 11.3 Å². The Hall–Kier alpha value is -2.19. The van der Waals surface area contributed by atoms with E-state index in [9.17, 15) is 13.2 Å². The minimum Gasteiger partial charge on any atom is -0.355 e. The fourth-order valence-corrected chi connectivity index (χ4v) is 3.63. The van der Waals surface area contributed by atoms with Gasteiger partial charge in [0, 0.05) is 30.8 Å². The number of piperidine rings is 1. The van der Waals surface area contributed by atoms with Crippen LogP contribution >= 0.6 is 0 Å². The zero-order valence-electron chi connectivity index (χ0n) is 13.3. The Morgan fingerprint density at radius 1 is 1.33 bits per heavy atom. The second-order valence-electron chi connectivity index (χ2n) is 5.92. The Balaban J connectivity index is 1.71. The minimum absolute atomic E-state index is 0.230. The summed E-state index contributed by atoms with van der Waals surface area (Å²) in [7, 11) is -3.29. The van der Waals surface area contributed by atoms with Gasteiger partial charge < -0.3 is 9.42 Å². The molecule has 3 rings (SSSR count). The van der Waals surface area contributed by atoms with Gasteiger partial charge in [0.25, 0.3) is 5.91 Å². The topological polar surface area (TPSA) is 92.5 Å². The second kappa shape index (κ2) is 6.74. The summed E-state index contributed by atoms with van der Waals surface area (Å²) in [5, 5.41) is 3.86. The summed E-state index contributed by atoms with van der Waals surface area (Å²) in [5.74, 6) is 0.280. The smallest absolute Gasteiger partial charge is 0.276 e. The van der Waals surface area contributed by atoms with Crippen LogP contribution in [0.1, 0.15) is 23.3 Å². The molecule has 0 radical (unpaired) electrons. The van der Waals surface area contributed by atoms with Crippen molar-refractivity contribution >= 4 is 15.9 Å². The normalized spacial score (nSPS) is 18.5. The Bertz CT molecular complexity index is 817. The molecule has 0 bridgehead atoms. The standard InChI is InChI=1S/C16H19N3O4S/c1-24(21,22)18-13-8-5-9-19(11-13)16(20)14-10-15(23-17-14)12-6-3-2-4-7-12/h2-4,6-7,10,13,18H,5,8-9,11H2,1H3/t13-/m1/s1. The molecule has 1 aromatic heterocycles. The highest BCUT2D eigenvalue weighted by Gasteiger charge is 2.28. The lowest BCUT2D eigenvalue weighted by molar-refractivity contribution is 0.0692. The zero-order valence-corrected chi connectivity index (χ0v) is 14.1. The molecule has 1 aliphatic heterocycles. The highest BCUT2D eigenvalue weighted by Crippen LogP contribution is 2.21. The summed E-state index contributed by atoms with van der Waals surface area (Å²) >= 11 is 0. The number of amides is 1. The van der Waals surface area contributed by atoms with Crippen LogP contribution in [0.2, 0.25) is 0 Å². The first kappa shape index (κ1) is 16.7. The summed E-state index contributed by atoms with van der Waals surface area (Å²) in [6.45, 7) is 0.910. The summed E-state index contributed by atoms with van der Waals surface area (Å²) in [5.41, 5.74) is 1.08. The Morgan fingerprint density at radius 3 is 2.79 bits per heavy atom. The van der Waals surface area contributed by atoms with Crippen LogP contribution in [-0.2, 0) is 10.0 Å². The number of likely N-dealkylation sites (tertiary alicyclic amines) is 1. The molecule has 0 saturated carbocycles. The number of rotatable bonds is 4. The van der Waals surface area contributed by atoms with Crippen LogP contribution < -0.4 is 4.72 Å². The SMILES string of the molecule is CS(=O)(=O)N[C@@H]1CCCN(C(=O)c2cc(-c3ccccc3)on2)C1. The lowest BCUT2D eigenvalue weighted by Crippen LogP contribution is -2.49. The van der Waals surface area contributed by atoms with Gasteiger partial charge in [0.2, 0.25) is 10.0 Å². The number of benzene rings is 1. The quantitative estimate of drug-likeness (QED) is 0.903. The van der Waals surface area contributed by atoms with Gasteiger partial charge >= 0.3 is 0 Å². The molecule has 1 fully saturated rings. The average Bonchev–Trinajstić information content (AvgIpc) is 3.03. The van der Waals surface area contributed by atoms with E-state index in [1.54, 1.807) is 11.0 Å². The van der Waals surface area contributed by atoms with Gasteiger partial charge in [-0.3, -0.25) is 4.79 Å². The zero-order chi connectivity index (χ0) is 17.2. The summed E-state index contributed by atoms with van der Waals surface area (Å²) in [6, 6.07) is 10.8. The molecule has 8 heteroatoms. The Morgan fingerprint density at radius 2 is 2.08 bits per heavy atom. The predicted octanol–water partition coefficient (Wildman–Crippen LogP) is 1.50. The lowest BCUT2D eigenvalue weighted by Gasteiger charge is -2.32. The number of nitrogens with one attached hydrogen (secondary N) is 1. The van der Waals surface area contributed by atoms with Crippen LogP contribution in [0.5, 0.6) is 0 Å².